The minimum absolute atomic E-state index is 0.124. The Hall–Kier alpha value is -2.47. The van der Waals surface area contributed by atoms with Gasteiger partial charge in [-0.25, -0.2) is 5.43 Å². The standard InChI is InChI=1S/C16H17N3O2S/c1-11-5-7-13(8-6-11)17-15(20)10-12(2)18-19-16(21)14-4-3-9-22-14/h3-9H,10H2,1-2H3,(H,17,20)(H,19,21)/b18-12+. The Morgan fingerprint density at radius 1 is 1.18 bits per heavy atom. The van der Waals surface area contributed by atoms with Crippen LogP contribution in [-0.2, 0) is 4.79 Å². The van der Waals surface area contributed by atoms with Gasteiger partial charge in [0, 0.05) is 11.4 Å². The van der Waals surface area contributed by atoms with Gasteiger partial charge in [0.1, 0.15) is 0 Å². The van der Waals surface area contributed by atoms with Gasteiger partial charge in [0.25, 0.3) is 5.91 Å². The highest BCUT2D eigenvalue weighted by Gasteiger charge is 2.07. The lowest BCUT2D eigenvalue weighted by molar-refractivity contribution is -0.115. The molecule has 2 amide bonds. The Bertz CT molecular complexity index is 676. The molecule has 0 aliphatic heterocycles. The topological polar surface area (TPSA) is 70.6 Å². The smallest absolute Gasteiger partial charge is 0.281 e. The minimum Gasteiger partial charge on any atom is -0.326 e. The molecule has 0 saturated carbocycles. The van der Waals surface area contributed by atoms with E-state index in [-0.39, 0.29) is 18.2 Å². The Balaban J connectivity index is 1.84. The molecule has 0 bridgehead atoms. The van der Waals surface area contributed by atoms with Crippen LogP contribution in [0.1, 0.15) is 28.6 Å². The average Bonchev–Trinajstić information content (AvgIpc) is 3.01. The summed E-state index contributed by atoms with van der Waals surface area (Å²) < 4.78 is 0. The van der Waals surface area contributed by atoms with Gasteiger partial charge in [-0.15, -0.1) is 11.3 Å². The fourth-order valence-electron chi connectivity index (χ4n) is 1.72. The second-order valence-electron chi connectivity index (χ2n) is 4.86. The van der Waals surface area contributed by atoms with Gasteiger partial charge in [-0.1, -0.05) is 23.8 Å². The molecule has 2 rings (SSSR count). The number of hydrazone groups is 1. The molecule has 0 aliphatic rings. The zero-order chi connectivity index (χ0) is 15.9. The summed E-state index contributed by atoms with van der Waals surface area (Å²) in [4.78, 5) is 24.2. The van der Waals surface area contributed by atoms with Crippen LogP contribution < -0.4 is 10.7 Å². The number of aryl methyl sites for hydroxylation is 1. The van der Waals surface area contributed by atoms with Crippen LogP contribution in [0.2, 0.25) is 0 Å². The Kier molecular flexibility index (Phi) is 5.43. The molecule has 0 spiro atoms. The van der Waals surface area contributed by atoms with Gasteiger partial charge in [-0.3, -0.25) is 9.59 Å². The highest BCUT2D eigenvalue weighted by Crippen LogP contribution is 2.09. The van der Waals surface area contributed by atoms with Gasteiger partial charge >= 0.3 is 0 Å². The third-order valence-electron chi connectivity index (χ3n) is 2.84. The van der Waals surface area contributed by atoms with Crippen LogP contribution >= 0.6 is 11.3 Å². The van der Waals surface area contributed by atoms with Crippen LogP contribution in [0, 0.1) is 6.92 Å². The van der Waals surface area contributed by atoms with Crippen LogP contribution in [0.3, 0.4) is 0 Å². The number of carbonyl (C=O) groups is 2. The summed E-state index contributed by atoms with van der Waals surface area (Å²) in [7, 11) is 0. The number of benzene rings is 1. The summed E-state index contributed by atoms with van der Waals surface area (Å²) in [5.74, 6) is -0.441. The van der Waals surface area contributed by atoms with Crippen molar-refractivity contribution in [2.75, 3.05) is 5.32 Å². The van der Waals surface area contributed by atoms with Gasteiger partial charge < -0.3 is 5.32 Å². The van der Waals surface area contributed by atoms with E-state index in [1.54, 1.807) is 19.1 Å². The van der Waals surface area contributed by atoms with Gasteiger partial charge in [0.05, 0.1) is 11.3 Å². The first-order valence-corrected chi connectivity index (χ1v) is 7.66. The van der Waals surface area contributed by atoms with Crippen molar-refractivity contribution in [3.8, 4) is 0 Å². The van der Waals surface area contributed by atoms with Gasteiger partial charge in [0.15, 0.2) is 0 Å². The molecule has 0 unspecified atom stereocenters. The lowest BCUT2D eigenvalue weighted by Gasteiger charge is -2.05. The zero-order valence-electron chi connectivity index (χ0n) is 12.4. The number of thiophene rings is 1. The SMILES string of the molecule is C/C(CC(=O)Nc1ccc(C)cc1)=N\NC(=O)c1cccs1. The van der Waals surface area contributed by atoms with E-state index in [1.165, 1.54) is 11.3 Å². The fourth-order valence-corrected chi connectivity index (χ4v) is 2.34. The van der Waals surface area contributed by atoms with E-state index >= 15 is 0 Å². The molecule has 5 nitrogen and oxygen atoms in total. The number of nitrogens with zero attached hydrogens (tertiary/aromatic N) is 1. The quantitative estimate of drug-likeness (QED) is 0.657. The molecule has 0 saturated heterocycles. The van der Waals surface area contributed by atoms with Gasteiger partial charge in [-0.05, 0) is 37.4 Å². The highest BCUT2D eigenvalue weighted by atomic mass is 32.1. The van der Waals surface area contributed by atoms with Crippen molar-refractivity contribution in [3.05, 3.63) is 52.2 Å². The van der Waals surface area contributed by atoms with Crippen LogP contribution in [0.5, 0.6) is 0 Å². The molecule has 0 fully saturated rings. The fraction of sp³-hybridized carbons (Fsp3) is 0.188. The van der Waals surface area contributed by atoms with Crippen molar-refractivity contribution in [2.45, 2.75) is 20.3 Å². The van der Waals surface area contributed by atoms with E-state index in [0.29, 0.717) is 10.6 Å². The molecular weight excluding hydrogens is 298 g/mol. The first-order chi connectivity index (χ1) is 10.5. The molecule has 0 aliphatic carbocycles. The van der Waals surface area contributed by atoms with Crippen LogP contribution in [0.15, 0.2) is 46.9 Å². The highest BCUT2D eigenvalue weighted by molar-refractivity contribution is 7.12. The molecule has 22 heavy (non-hydrogen) atoms. The molecule has 2 aromatic rings. The molecule has 1 aromatic heterocycles. The van der Waals surface area contributed by atoms with E-state index in [1.807, 2.05) is 36.6 Å². The second-order valence-corrected chi connectivity index (χ2v) is 5.80. The number of rotatable bonds is 5. The van der Waals surface area contributed by atoms with Gasteiger partial charge in [-0.2, -0.15) is 5.10 Å². The molecule has 0 radical (unpaired) electrons. The number of amides is 2. The van der Waals surface area contributed by atoms with E-state index in [2.05, 4.69) is 15.8 Å². The molecule has 1 heterocycles. The van der Waals surface area contributed by atoms with Gasteiger partial charge in [0.2, 0.25) is 5.91 Å². The van der Waals surface area contributed by atoms with Crippen molar-refractivity contribution in [2.24, 2.45) is 5.10 Å². The predicted octanol–water partition coefficient (Wildman–Crippen LogP) is 3.19. The number of anilines is 1. The van der Waals surface area contributed by atoms with Crippen molar-refractivity contribution in [1.82, 2.24) is 5.43 Å². The van der Waals surface area contributed by atoms with Crippen molar-refractivity contribution in [3.63, 3.8) is 0 Å². The molecule has 114 valence electrons. The van der Waals surface area contributed by atoms with E-state index < -0.39 is 0 Å². The van der Waals surface area contributed by atoms with Crippen molar-refractivity contribution in [1.29, 1.82) is 0 Å². The molecule has 6 heteroatoms. The average molecular weight is 315 g/mol. The normalized spacial score (nSPS) is 11.1. The number of hydrogen-bond donors (Lipinski definition) is 2. The maximum atomic E-state index is 11.9. The number of hydrogen-bond acceptors (Lipinski definition) is 4. The zero-order valence-corrected chi connectivity index (χ0v) is 13.2. The van der Waals surface area contributed by atoms with Crippen molar-refractivity contribution < 1.29 is 9.59 Å². The lowest BCUT2D eigenvalue weighted by atomic mass is 10.2. The summed E-state index contributed by atoms with van der Waals surface area (Å²) in [6.07, 6.45) is 0.124. The third-order valence-corrected chi connectivity index (χ3v) is 3.71. The van der Waals surface area contributed by atoms with Crippen molar-refractivity contribution >= 4 is 34.6 Å². The molecule has 0 atom stereocenters. The lowest BCUT2D eigenvalue weighted by Crippen LogP contribution is -2.20. The Labute approximate surface area is 133 Å². The monoisotopic (exact) mass is 315 g/mol. The van der Waals surface area contributed by atoms with Crippen LogP contribution in [0.4, 0.5) is 5.69 Å². The first-order valence-electron chi connectivity index (χ1n) is 6.78. The summed E-state index contributed by atoms with van der Waals surface area (Å²) in [6.45, 7) is 3.68. The first kappa shape index (κ1) is 15.9. The maximum Gasteiger partial charge on any atom is 0.281 e. The molecular formula is C16H17N3O2S. The summed E-state index contributed by atoms with van der Waals surface area (Å²) in [5, 5.41) is 8.54. The third kappa shape index (κ3) is 4.82. The summed E-state index contributed by atoms with van der Waals surface area (Å²) in [5.41, 5.74) is 4.85. The summed E-state index contributed by atoms with van der Waals surface area (Å²) >= 11 is 1.34. The Morgan fingerprint density at radius 2 is 1.91 bits per heavy atom. The largest absolute Gasteiger partial charge is 0.326 e. The van der Waals surface area contributed by atoms with E-state index in [4.69, 9.17) is 0 Å². The Morgan fingerprint density at radius 3 is 2.55 bits per heavy atom. The van der Waals surface area contributed by atoms with E-state index in [0.717, 1.165) is 11.3 Å². The summed E-state index contributed by atoms with van der Waals surface area (Å²) in [6, 6.07) is 11.1. The second kappa shape index (κ2) is 7.51. The number of carbonyl (C=O) groups excluding carboxylic acids is 2. The molecule has 1 aromatic carbocycles. The minimum atomic E-state index is -0.270. The predicted molar refractivity (Wildman–Crippen MR) is 89.3 cm³/mol. The van der Waals surface area contributed by atoms with Crippen LogP contribution in [-0.4, -0.2) is 17.5 Å². The maximum absolute atomic E-state index is 11.9. The van der Waals surface area contributed by atoms with Crippen LogP contribution in [0.25, 0.3) is 0 Å². The number of nitrogens with one attached hydrogen (secondary N) is 2. The van der Waals surface area contributed by atoms with E-state index in [9.17, 15) is 9.59 Å². The molecule has 2 N–H and O–H groups in total.